The van der Waals surface area contributed by atoms with Crippen LogP contribution in [0.25, 0.3) is 10.8 Å². The van der Waals surface area contributed by atoms with Crippen LogP contribution in [0.4, 0.5) is 0 Å². The minimum atomic E-state index is -0.396. The average Bonchev–Trinajstić information content (AvgIpc) is 3.46. The second-order valence-corrected chi connectivity index (χ2v) is 12.2. The Bertz CT molecular complexity index is 1210. The van der Waals surface area contributed by atoms with E-state index in [2.05, 4.69) is 114 Å². The molecule has 6 rings (SSSR count). The van der Waals surface area contributed by atoms with Crippen LogP contribution in [0.3, 0.4) is 0 Å². The number of carbonyl (C=O) groups is 2. The summed E-state index contributed by atoms with van der Waals surface area (Å²) in [6.45, 7) is 19.4. The Morgan fingerprint density at radius 1 is 0.667 bits per heavy atom. The molecule has 3 aliphatic rings. The van der Waals surface area contributed by atoms with E-state index < -0.39 is 11.9 Å². The lowest BCUT2D eigenvalue weighted by atomic mass is 9.94. The van der Waals surface area contributed by atoms with Gasteiger partial charge in [0.25, 0.3) is 0 Å². The van der Waals surface area contributed by atoms with E-state index in [0.717, 1.165) is 17.8 Å². The van der Waals surface area contributed by atoms with Gasteiger partial charge in [0.1, 0.15) is 0 Å². The van der Waals surface area contributed by atoms with Gasteiger partial charge in [-0.1, -0.05) is 129 Å². The Labute approximate surface area is 236 Å². The molecule has 3 aromatic carbocycles. The zero-order valence-corrected chi connectivity index (χ0v) is 25.5. The van der Waals surface area contributed by atoms with Crippen molar-refractivity contribution in [2.45, 2.75) is 92.9 Å². The van der Waals surface area contributed by atoms with E-state index >= 15 is 0 Å². The highest BCUT2D eigenvalue weighted by molar-refractivity contribution is 5.96. The van der Waals surface area contributed by atoms with E-state index in [1.54, 1.807) is 25.0 Å². The Kier molecular flexibility index (Phi) is 10.5. The summed E-state index contributed by atoms with van der Waals surface area (Å²) in [5, 5.41) is 2.91. The summed E-state index contributed by atoms with van der Waals surface area (Å²) in [4.78, 5) is 21.1. The maximum absolute atomic E-state index is 10.6. The van der Waals surface area contributed by atoms with Gasteiger partial charge in [-0.3, -0.25) is 9.59 Å². The SMILES string of the molecule is CC1C(=O)OC(=O)C1C.CC1Cc2ccccc2C1C.CC1c2cccc3cccc(c23)C1C.CCC(C)C. The number of hydrogen-bond donors (Lipinski definition) is 0. The lowest BCUT2D eigenvalue weighted by Crippen LogP contribution is -2.09. The first-order valence-electron chi connectivity index (χ1n) is 14.8. The third-order valence-electron chi connectivity index (χ3n) is 9.15. The van der Waals surface area contributed by atoms with Crippen molar-refractivity contribution in [1.82, 2.24) is 0 Å². The molecule has 1 saturated heterocycles. The molecule has 3 nitrogen and oxygen atoms in total. The predicted octanol–water partition coefficient (Wildman–Crippen LogP) is 9.44. The van der Waals surface area contributed by atoms with E-state index in [1.807, 2.05) is 0 Å². The van der Waals surface area contributed by atoms with Crippen molar-refractivity contribution in [3.05, 3.63) is 82.9 Å². The molecule has 1 fully saturated rings. The zero-order valence-electron chi connectivity index (χ0n) is 25.5. The van der Waals surface area contributed by atoms with Crippen LogP contribution < -0.4 is 0 Å². The minimum Gasteiger partial charge on any atom is -0.393 e. The molecule has 3 aromatic rings. The van der Waals surface area contributed by atoms with Crippen molar-refractivity contribution in [1.29, 1.82) is 0 Å². The van der Waals surface area contributed by atoms with Gasteiger partial charge in [0, 0.05) is 0 Å². The van der Waals surface area contributed by atoms with Crippen LogP contribution in [-0.4, -0.2) is 11.9 Å². The Balaban J connectivity index is 0.000000152. The maximum Gasteiger partial charge on any atom is 0.317 e. The van der Waals surface area contributed by atoms with Gasteiger partial charge >= 0.3 is 11.9 Å². The molecule has 0 spiro atoms. The fourth-order valence-electron chi connectivity index (χ4n) is 5.39. The molecule has 2 aliphatic carbocycles. The standard InChI is InChI=1S/C14H14.C11H14.C6H8O3.C5H12/c1-9-10(2)13-8-4-6-11-5-3-7-12(9)14(11)13;1-8-7-10-5-3-4-6-11(10)9(8)2;1-3-4(2)6(8)9-5(3)7;1-4-5(2)3/h3-10H,1-2H3;3-6,8-9H,7H2,1-2H3;3-4H,1-2H3;5H,4H2,1-3H3. The van der Waals surface area contributed by atoms with Crippen molar-refractivity contribution in [3.63, 3.8) is 0 Å². The fourth-order valence-corrected chi connectivity index (χ4v) is 5.39. The highest BCUT2D eigenvalue weighted by atomic mass is 16.6. The van der Waals surface area contributed by atoms with Gasteiger partial charge < -0.3 is 4.74 Å². The van der Waals surface area contributed by atoms with E-state index in [-0.39, 0.29) is 11.8 Å². The van der Waals surface area contributed by atoms with Crippen molar-refractivity contribution >= 4 is 22.7 Å². The smallest absolute Gasteiger partial charge is 0.317 e. The second-order valence-electron chi connectivity index (χ2n) is 12.2. The predicted molar refractivity (Wildman–Crippen MR) is 163 cm³/mol. The normalized spacial score (nSPS) is 26.1. The number of rotatable bonds is 1. The molecule has 210 valence electrons. The molecule has 1 heterocycles. The van der Waals surface area contributed by atoms with Crippen LogP contribution in [0.15, 0.2) is 60.7 Å². The topological polar surface area (TPSA) is 43.4 Å². The number of fused-ring (bicyclic) bond motifs is 1. The number of cyclic esters (lactones) is 2. The maximum atomic E-state index is 10.6. The van der Waals surface area contributed by atoms with Crippen LogP contribution in [0, 0.1) is 23.7 Å². The van der Waals surface area contributed by atoms with Gasteiger partial charge in [-0.15, -0.1) is 0 Å². The first kappa shape index (κ1) is 30.6. The van der Waals surface area contributed by atoms with Crippen molar-refractivity contribution in [3.8, 4) is 0 Å². The third-order valence-corrected chi connectivity index (χ3v) is 9.15. The number of esters is 2. The Morgan fingerprint density at radius 2 is 1.13 bits per heavy atom. The molecular weight excluding hydrogens is 480 g/mol. The van der Waals surface area contributed by atoms with Crippen LogP contribution in [0.1, 0.15) is 109 Å². The average molecular weight is 529 g/mol. The highest BCUT2D eigenvalue weighted by Crippen LogP contribution is 2.45. The first-order chi connectivity index (χ1) is 18.5. The van der Waals surface area contributed by atoms with Gasteiger partial charge in [-0.25, -0.2) is 0 Å². The Hall–Kier alpha value is -2.94. The summed E-state index contributed by atoms with van der Waals surface area (Å²) >= 11 is 0. The number of hydrogen-bond acceptors (Lipinski definition) is 3. The van der Waals surface area contributed by atoms with Crippen LogP contribution in [0.5, 0.6) is 0 Å². The minimum absolute atomic E-state index is 0.252. The number of carbonyl (C=O) groups excluding carboxylic acids is 2. The lowest BCUT2D eigenvalue weighted by molar-refractivity contribution is -0.153. The Morgan fingerprint density at radius 3 is 1.54 bits per heavy atom. The molecule has 0 radical (unpaired) electrons. The summed E-state index contributed by atoms with van der Waals surface area (Å²) in [6, 6.07) is 22.2. The molecule has 0 saturated carbocycles. The van der Waals surface area contributed by atoms with Gasteiger partial charge in [0.2, 0.25) is 0 Å². The van der Waals surface area contributed by atoms with Crippen molar-refractivity contribution in [2.24, 2.45) is 23.7 Å². The van der Waals surface area contributed by atoms with Gasteiger partial charge in [0.05, 0.1) is 11.8 Å². The molecule has 39 heavy (non-hydrogen) atoms. The second kappa shape index (κ2) is 13.4. The van der Waals surface area contributed by atoms with Gasteiger partial charge in [0.15, 0.2) is 0 Å². The third kappa shape index (κ3) is 6.99. The molecule has 6 unspecified atom stereocenters. The molecule has 0 N–H and O–H groups in total. The first-order valence-corrected chi connectivity index (χ1v) is 14.8. The molecule has 0 bridgehead atoms. The van der Waals surface area contributed by atoms with E-state index in [1.165, 1.54) is 34.7 Å². The molecule has 0 amide bonds. The zero-order chi connectivity index (χ0) is 28.9. The largest absolute Gasteiger partial charge is 0.393 e. The summed E-state index contributed by atoms with van der Waals surface area (Å²) in [5.41, 5.74) is 6.20. The summed E-state index contributed by atoms with van der Waals surface area (Å²) < 4.78 is 4.31. The summed E-state index contributed by atoms with van der Waals surface area (Å²) in [7, 11) is 0. The number of benzene rings is 3. The number of ether oxygens (including phenoxy) is 1. The molecule has 0 aromatic heterocycles. The molecule has 3 heteroatoms. The highest BCUT2D eigenvalue weighted by Gasteiger charge is 2.37. The van der Waals surface area contributed by atoms with Crippen LogP contribution in [0.2, 0.25) is 0 Å². The summed E-state index contributed by atoms with van der Waals surface area (Å²) in [5.74, 6) is 2.55. The summed E-state index contributed by atoms with van der Waals surface area (Å²) in [6.07, 6.45) is 2.58. The van der Waals surface area contributed by atoms with E-state index in [9.17, 15) is 9.59 Å². The van der Waals surface area contributed by atoms with Crippen LogP contribution in [-0.2, 0) is 20.7 Å². The fraction of sp³-hybridized carbons (Fsp3) is 0.500. The van der Waals surface area contributed by atoms with Crippen LogP contribution >= 0.6 is 0 Å². The molecule has 6 atom stereocenters. The van der Waals surface area contributed by atoms with E-state index in [4.69, 9.17) is 0 Å². The van der Waals surface area contributed by atoms with Crippen molar-refractivity contribution < 1.29 is 14.3 Å². The molecular formula is C36H48O3. The molecule has 1 aliphatic heterocycles. The van der Waals surface area contributed by atoms with Gasteiger partial charge in [-0.2, -0.15) is 0 Å². The quantitative estimate of drug-likeness (QED) is 0.233. The van der Waals surface area contributed by atoms with Gasteiger partial charge in [-0.05, 0) is 69.0 Å². The van der Waals surface area contributed by atoms with Crippen molar-refractivity contribution in [2.75, 3.05) is 0 Å². The lowest BCUT2D eigenvalue weighted by Gasteiger charge is -2.10. The monoisotopic (exact) mass is 528 g/mol. The van der Waals surface area contributed by atoms with E-state index in [0.29, 0.717) is 11.8 Å².